The van der Waals surface area contributed by atoms with Crippen LogP contribution in [0, 0.1) is 5.82 Å². The van der Waals surface area contributed by atoms with Crippen molar-refractivity contribution in [3.05, 3.63) is 96.2 Å². The van der Waals surface area contributed by atoms with Gasteiger partial charge in [-0.2, -0.15) is 0 Å². The van der Waals surface area contributed by atoms with Crippen LogP contribution in [-0.4, -0.2) is 25.9 Å². The lowest BCUT2D eigenvalue weighted by Crippen LogP contribution is -2.14. The van der Waals surface area contributed by atoms with E-state index in [2.05, 4.69) is 25.9 Å². The Hall–Kier alpha value is -4.07. The summed E-state index contributed by atoms with van der Waals surface area (Å²) < 4.78 is 14.5. The van der Waals surface area contributed by atoms with Crippen LogP contribution < -0.4 is 10.6 Å². The number of para-hydroxylation sites is 1. The minimum Gasteiger partial charge on any atom is -0.339 e. The zero-order chi connectivity index (χ0) is 20.1. The molecule has 0 radical (unpaired) electrons. The van der Waals surface area contributed by atoms with E-state index in [1.807, 2.05) is 30.3 Å². The second kappa shape index (κ2) is 8.30. The van der Waals surface area contributed by atoms with Crippen LogP contribution in [0.1, 0.15) is 16.1 Å². The minimum absolute atomic E-state index is 0.168. The standard InChI is InChI=1S/C21H17FN6O/c22-16-10-8-15(9-11-16)13-28-14-19(26-27-28)21(29)25-18-7-4-12-23-20(18)24-17-5-2-1-3-6-17/h1-12,14H,13H2,(H,23,24)(H,25,29). The minimum atomic E-state index is -0.403. The zero-order valence-corrected chi connectivity index (χ0v) is 15.3. The molecule has 8 heteroatoms. The van der Waals surface area contributed by atoms with Crippen LogP contribution in [0.3, 0.4) is 0 Å². The quantitative estimate of drug-likeness (QED) is 0.524. The Balaban J connectivity index is 1.46. The molecule has 2 N–H and O–H groups in total. The Bertz CT molecular complexity index is 1110. The van der Waals surface area contributed by atoms with Gasteiger partial charge in [-0.15, -0.1) is 5.10 Å². The van der Waals surface area contributed by atoms with Crippen LogP contribution in [-0.2, 0) is 6.54 Å². The Morgan fingerprint density at radius 3 is 2.59 bits per heavy atom. The number of anilines is 3. The van der Waals surface area contributed by atoms with Crippen molar-refractivity contribution >= 4 is 23.1 Å². The summed E-state index contributed by atoms with van der Waals surface area (Å²) in [6.07, 6.45) is 3.18. The summed E-state index contributed by atoms with van der Waals surface area (Å²) in [7, 11) is 0. The van der Waals surface area contributed by atoms with Gasteiger partial charge in [0.2, 0.25) is 0 Å². The molecule has 0 aliphatic carbocycles. The van der Waals surface area contributed by atoms with E-state index < -0.39 is 5.91 Å². The number of aromatic nitrogens is 4. The number of hydrogen-bond acceptors (Lipinski definition) is 5. The van der Waals surface area contributed by atoms with Gasteiger partial charge in [-0.1, -0.05) is 35.5 Å². The summed E-state index contributed by atoms with van der Waals surface area (Å²) in [4.78, 5) is 16.9. The fraction of sp³-hybridized carbons (Fsp3) is 0.0476. The molecule has 4 rings (SSSR count). The molecule has 4 aromatic rings. The molecule has 1 amide bonds. The van der Waals surface area contributed by atoms with Gasteiger partial charge in [0, 0.05) is 11.9 Å². The molecule has 2 aromatic carbocycles. The molecule has 0 aliphatic rings. The number of benzene rings is 2. The molecule has 0 bridgehead atoms. The van der Waals surface area contributed by atoms with Crippen molar-refractivity contribution in [2.24, 2.45) is 0 Å². The number of carbonyl (C=O) groups is 1. The molecule has 0 saturated carbocycles. The molecule has 0 unspecified atom stereocenters. The summed E-state index contributed by atoms with van der Waals surface area (Å²) >= 11 is 0. The summed E-state index contributed by atoms with van der Waals surface area (Å²) in [6, 6.07) is 19.1. The van der Waals surface area contributed by atoms with Crippen molar-refractivity contribution < 1.29 is 9.18 Å². The number of rotatable bonds is 6. The summed E-state index contributed by atoms with van der Waals surface area (Å²) in [5.41, 5.74) is 2.40. The van der Waals surface area contributed by atoms with Gasteiger partial charge >= 0.3 is 0 Å². The van der Waals surface area contributed by atoms with Crippen LogP contribution in [0.2, 0.25) is 0 Å². The van der Waals surface area contributed by atoms with Gasteiger partial charge in [0.05, 0.1) is 18.4 Å². The number of carbonyl (C=O) groups excluding carboxylic acids is 1. The lowest BCUT2D eigenvalue weighted by atomic mass is 10.2. The maximum atomic E-state index is 13.0. The van der Waals surface area contributed by atoms with Gasteiger partial charge in [-0.25, -0.2) is 14.1 Å². The van der Waals surface area contributed by atoms with E-state index in [0.29, 0.717) is 18.1 Å². The highest BCUT2D eigenvalue weighted by Gasteiger charge is 2.14. The van der Waals surface area contributed by atoms with Gasteiger partial charge in [-0.3, -0.25) is 4.79 Å². The van der Waals surface area contributed by atoms with Gasteiger partial charge in [-0.05, 0) is 42.0 Å². The molecular weight excluding hydrogens is 371 g/mol. The van der Waals surface area contributed by atoms with Crippen molar-refractivity contribution in [1.29, 1.82) is 0 Å². The van der Waals surface area contributed by atoms with Crippen LogP contribution in [0.25, 0.3) is 0 Å². The SMILES string of the molecule is O=C(Nc1cccnc1Nc1ccccc1)c1cn(Cc2ccc(F)cc2)nn1. The Kier molecular flexibility index (Phi) is 5.24. The second-order valence-corrected chi connectivity index (χ2v) is 6.27. The molecule has 2 heterocycles. The van der Waals surface area contributed by atoms with E-state index in [0.717, 1.165) is 11.3 Å². The average Bonchev–Trinajstić information content (AvgIpc) is 3.21. The number of nitrogens with zero attached hydrogens (tertiary/aromatic N) is 4. The topological polar surface area (TPSA) is 84.7 Å². The van der Waals surface area contributed by atoms with Gasteiger partial charge in [0.1, 0.15) is 5.82 Å². The number of amides is 1. The zero-order valence-electron chi connectivity index (χ0n) is 15.3. The predicted molar refractivity (Wildman–Crippen MR) is 107 cm³/mol. The molecule has 144 valence electrons. The maximum Gasteiger partial charge on any atom is 0.277 e. The molecule has 2 aromatic heterocycles. The van der Waals surface area contributed by atoms with E-state index in [9.17, 15) is 9.18 Å². The third-order valence-corrected chi connectivity index (χ3v) is 4.12. The number of nitrogens with one attached hydrogen (secondary N) is 2. The fourth-order valence-corrected chi connectivity index (χ4v) is 2.71. The highest BCUT2D eigenvalue weighted by molar-refractivity contribution is 6.04. The van der Waals surface area contributed by atoms with Gasteiger partial charge < -0.3 is 10.6 Å². The highest BCUT2D eigenvalue weighted by atomic mass is 19.1. The lowest BCUT2D eigenvalue weighted by molar-refractivity contribution is 0.102. The first-order valence-corrected chi connectivity index (χ1v) is 8.90. The predicted octanol–water partition coefficient (Wildman–Crippen LogP) is 3.86. The molecule has 0 spiro atoms. The van der Waals surface area contributed by atoms with Gasteiger partial charge in [0.25, 0.3) is 5.91 Å². The Morgan fingerprint density at radius 2 is 1.79 bits per heavy atom. The number of halogens is 1. The Labute approximate surface area is 166 Å². The van der Waals surface area contributed by atoms with Crippen LogP contribution in [0.5, 0.6) is 0 Å². The van der Waals surface area contributed by atoms with Crippen molar-refractivity contribution in [2.75, 3.05) is 10.6 Å². The first kappa shape index (κ1) is 18.3. The van der Waals surface area contributed by atoms with Crippen LogP contribution >= 0.6 is 0 Å². The largest absolute Gasteiger partial charge is 0.339 e. The van der Waals surface area contributed by atoms with Gasteiger partial charge in [0.15, 0.2) is 11.5 Å². The maximum absolute atomic E-state index is 13.0. The van der Waals surface area contributed by atoms with E-state index in [4.69, 9.17) is 0 Å². The average molecular weight is 388 g/mol. The summed E-state index contributed by atoms with van der Waals surface area (Å²) in [6.45, 7) is 0.383. The number of hydrogen-bond donors (Lipinski definition) is 2. The van der Waals surface area contributed by atoms with E-state index in [-0.39, 0.29) is 11.5 Å². The molecule has 0 fully saturated rings. The molecule has 0 aliphatic heterocycles. The first-order valence-electron chi connectivity index (χ1n) is 8.90. The summed E-state index contributed by atoms with van der Waals surface area (Å²) in [5, 5.41) is 13.9. The number of pyridine rings is 1. The highest BCUT2D eigenvalue weighted by Crippen LogP contribution is 2.23. The normalized spacial score (nSPS) is 10.5. The molecule has 29 heavy (non-hydrogen) atoms. The molecule has 0 atom stereocenters. The third-order valence-electron chi connectivity index (χ3n) is 4.12. The third kappa shape index (κ3) is 4.62. The molecule has 0 saturated heterocycles. The van der Waals surface area contributed by atoms with Crippen molar-refractivity contribution in [3.63, 3.8) is 0 Å². The first-order chi connectivity index (χ1) is 14.2. The van der Waals surface area contributed by atoms with E-state index in [1.165, 1.54) is 16.8 Å². The van der Waals surface area contributed by atoms with Crippen molar-refractivity contribution in [2.45, 2.75) is 6.54 Å². The Morgan fingerprint density at radius 1 is 1.00 bits per heavy atom. The van der Waals surface area contributed by atoms with Crippen LogP contribution in [0.4, 0.5) is 21.6 Å². The fourth-order valence-electron chi connectivity index (χ4n) is 2.71. The summed E-state index contributed by atoms with van der Waals surface area (Å²) in [5.74, 6) is -0.186. The van der Waals surface area contributed by atoms with E-state index >= 15 is 0 Å². The lowest BCUT2D eigenvalue weighted by Gasteiger charge is -2.11. The molecule has 7 nitrogen and oxygen atoms in total. The molecular formula is C21H17FN6O. The smallest absolute Gasteiger partial charge is 0.277 e. The van der Waals surface area contributed by atoms with Crippen molar-refractivity contribution in [3.8, 4) is 0 Å². The van der Waals surface area contributed by atoms with Crippen LogP contribution in [0.15, 0.2) is 79.1 Å². The monoisotopic (exact) mass is 388 g/mol. The second-order valence-electron chi connectivity index (χ2n) is 6.27. The van der Waals surface area contributed by atoms with Crippen molar-refractivity contribution in [1.82, 2.24) is 20.0 Å². The van der Waals surface area contributed by atoms with E-state index in [1.54, 1.807) is 36.7 Å².